The van der Waals surface area contributed by atoms with Gasteiger partial charge in [-0.3, -0.25) is 4.90 Å². The van der Waals surface area contributed by atoms with Crippen molar-refractivity contribution in [3.63, 3.8) is 0 Å². The zero-order valence-electron chi connectivity index (χ0n) is 17.6. The van der Waals surface area contributed by atoms with Crippen LogP contribution in [0.15, 0.2) is 30.3 Å². The highest BCUT2D eigenvalue weighted by molar-refractivity contribution is 5.67. The molecule has 7 heteroatoms. The van der Waals surface area contributed by atoms with Crippen molar-refractivity contribution in [3.8, 4) is 6.07 Å². The number of aromatic nitrogens is 1. The van der Waals surface area contributed by atoms with E-state index in [4.69, 9.17) is 14.5 Å². The summed E-state index contributed by atoms with van der Waals surface area (Å²) in [5, 5.41) is 13.2. The van der Waals surface area contributed by atoms with E-state index in [0.29, 0.717) is 37.7 Å². The molecule has 2 aromatic rings. The van der Waals surface area contributed by atoms with E-state index in [1.807, 2.05) is 6.07 Å². The predicted molar refractivity (Wildman–Crippen MR) is 117 cm³/mol. The van der Waals surface area contributed by atoms with Gasteiger partial charge in [0, 0.05) is 51.9 Å². The number of ether oxygens (including phenoxy) is 2. The molecule has 2 aliphatic heterocycles. The van der Waals surface area contributed by atoms with Crippen LogP contribution in [-0.4, -0.2) is 63.0 Å². The summed E-state index contributed by atoms with van der Waals surface area (Å²) < 4.78 is 10.7. The molecular formula is C23H29N5O2. The lowest BCUT2D eigenvalue weighted by atomic mass is 9.94. The summed E-state index contributed by atoms with van der Waals surface area (Å²) in [6, 6.07) is 13.0. The molecule has 0 spiro atoms. The number of nitrogens with zero attached hydrogens (tertiary/aromatic N) is 4. The second-order valence-corrected chi connectivity index (χ2v) is 7.69. The molecule has 0 bridgehead atoms. The fourth-order valence-corrected chi connectivity index (χ4v) is 4.21. The third-order valence-corrected chi connectivity index (χ3v) is 5.72. The van der Waals surface area contributed by atoms with Gasteiger partial charge in [-0.25, -0.2) is 4.98 Å². The fraction of sp³-hybridized carbons (Fsp3) is 0.478. The molecule has 0 atom stereocenters. The third kappa shape index (κ3) is 4.57. The molecule has 0 saturated carbocycles. The smallest absolute Gasteiger partial charge is 0.146 e. The minimum atomic E-state index is 0.571. The largest absolute Gasteiger partial charge is 0.383 e. The molecule has 1 fully saturated rings. The maximum atomic E-state index is 9.92. The lowest BCUT2D eigenvalue weighted by molar-refractivity contribution is 0.122. The maximum absolute atomic E-state index is 9.92. The molecular weight excluding hydrogens is 378 g/mol. The molecule has 7 nitrogen and oxygen atoms in total. The second-order valence-electron chi connectivity index (χ2n) is 7.69. The van der Waals surface area contributed by atoms with Crippen LogP contribution in [0, 0.1) is 11.3 Å². The lowest BCUT2D eigenvalue weighted by Gasteiger charge is -2.35. The summed E-state index contributed by atoms with van der Waals surface area (Å²) in [6.07, 6.45) is 0.851. The van der Waals surface area contributed by atoms with Gasteiger partial charge in [0.2, 0.25) is 0 Å². The van der Waals surface area contributed by atoms with E-state index < -0.39 is 0 Å². The van der Waals surface area contributed by atoms with Gasteiger partial charge < -0.3 is 19.7 Å². The first-order valence-electron chi connectivity index (χ1n) is 10.6. The van der Waals surface area contributed by atoms with Gasteiger partial charge in [0.05, 0.1) is 25.4 Å². The first-order chi connectivity index (χ1) is 14.8. The summed E-state index contributed by atoms with van der Waals surface area (Å²) in [6.45, 7) is 6.88. The van der Waals surface area contributed by atoms with Gasteiger partial charge in [0.15, 0.2) is 0 Å². The number of nitriles is 1. The number of fused-ring (bicyclic) bond motifs is 1. The molecule has 1 N–H and O–H groups in total. The highest BCUT2D eigenvalue weighted by atomic mass is 16.5. The molecule has 0 unspecified atom stereocenters. The molecule has 30 heavy (non-hydrogen) atoms. The molecule has 1 saturated heterocycles. The third-order valence-electron chi connectivity index (χ3n) is 5.72. The van der Waals surface area contributed by atoms with Crippen molar-refractivity contribution in [1.29, 1.82) is 5.26 Å². The minimum absolute atomic E-state index is 0.571. The zero-order valence-corrected chi connectivity index (χ0v) is 17.6. The van der Waals surface area contributed by atoms with Crippen molar-refractivity contribution in [2.24, 2.45) is 0 Å². The highest BCUT2D eigenvalue weighted by Crippen LogP contribution is 2.34. The Morgan fingerprint density at radius 2 is 1.97 bits per heavy atom. The summed E-state index contributed by atoms with van der Waals surface area (Å²) >= 11 is 0. The van der Waals surface area contributed by atoms with Crippen LogP contribution in [0.4, 0.5) is 11.6 Å². The van der Waals surface area contributed by atoms with Gasteiger partial charge in [0.25, 0.3) is 0 Å². The van der Waals surface area contributed by atoms with Gasteiger partial charge in [-0.2, -0.15) is 5.26 Å². The van der Waals surface area contributed by atoms with Crippen molar-refractivity contribution in [3.05, 3.63) is 52.6 Å². The normalized spacial score (nSPS) is 16.7. The Kier molecular flexibility index (Phi) is 6.80. The molecule has 2 aliphatic rings. The van der Waals surface area contributed by atoms with Crippen molar-refractivity contribution in [2.75, 3.05) is 63.3 Å². The van der Waals surface area contributed by atoms with Crippen molar-refractivity contribution < 1.29 is 9.47 Å². The average Bonchev–Trinajstić information content (AvgIpc) is 2.80. The van der Waals surface area contributed by atoms with Crippen LogP contribution in [0.1, 0.15) is 22.3 Å². The van der Waals surface area contributed by atoms with Crippen LogP contribution in [0.5, 0.6) is 0 Å². The van der Waals surface area contributed by atoms with E-state index in [0.717, 1.165) is 50.5 Å². The molecule has 0 aliphatic carbocycles. The number of nitrogens with one attached hydrogen (secondary N) is 1. The van der Waals surface area contributed by atoms with Crippen molar-refractivity contribution in [2.45, 2.75) is 19.5 Å². The van der Waals surface area contributed by atoms with Crippen LogP contribution < -0.4 is 10.2 Å². The van der Waals surface area contributed by atoms with Crippen LogP contribution in [0.25, 0.3) is 0 Å². The molecule has 3 heterocycles. The number of hydrogen-bond donors (Lipinski definition) is 1. The van der Waals surface area contributed by atoms with Gasteiger partial charge in [-0.15, -0.1) is 0 Å². The highest BCUT2D eigenvalue weighted by Gasteiger charge is 2.28. The number of benzene rings is 1. The number of methoxy groups -OCH3 is 1. The van der Waals surface area contributed by atoms with E-state index in [1.165, 1.54) is 11.1 Å². The Labute approximate surface area is 178 Å². The Morgan fingerprint density at radius 1 is 1.17 bits per heavy atom. The zero-order chi connectivity index (χ0) is 20.8. The van der Waals surface area contributed by atoms with Crippen molar-refractivity contribution >= 4 is 11.6 Å². The first kappa shape index (κ1) is 20.6. The fourth-order valence-electron chi connectivity index (χ4n) is 4.21. The van der Waals surface area contributed by atoms with E-state index in [2.05, 4.69) is 45.5 Å². The monoisotopic (exact) mass is 407 g/mol. The summed E-state index contributed by atoms with van der Waals surface area (Å²) in [4.78, 5) is 9.70. The summed E-state index contributed by atoms with van der Waals surface area (Å²) in [5.41, 5.74) is 4.31. The molecule has 0 amide bonds. The quantitative estimate of drug-likeness (QED) is 0.707. The molecule has 158 valence electrons. The molecule has 0 radical (unpaired) electrons. The Morgan fingerprint density at radius 3 is 2.70 bits per heavy atom. The summed E-state index contributed by atoms with van der Waals surface area (Å²) in [7, 11) is 1.67. The summed E-state index contributed by atoms with van der Waals surface area (Å²) in [5.74, 6) is 1.66. The first-order valence-corrected chi connectivity index (χ1v) is 10.6. The van der Waals surface area contributed by atoms with Crippen LogP contribution >= 0.6 is 0 Å². The maximum Gasteiger partial charge on any atom is 0.146 e. The van der Waals surface area contributed by atoms with Gasteiger partial charge in [-0.1, -0.05) is 30.3 Å². The Balaban J connectivity index is 1.67. The van der Waals surface area contributed by atoms with Gasteiger partial charge >= 0.3 is 0 Å². The van der Waals surface area contributed by atoms with Gasteiger partial charge in [-0.05, 0) is 17.5 Å². The van der Waals surface area contributed by atoms with Crippen LogP contribution in [-0.2, 0) is 29.0 Å². The number of rotatable bonds is 7. The SMILES string of the molecule is COCCNc1nc(N2CCOCC2)c2c(c1C#N)CCN(Cc1ccccc1)C2. The lowest BCUT2D eigenvalue weighted by Crippen LogP contribution is -2.39. The van der Waals surface area contributed by atoms with Gasteiger partial charge in [0.1, 0.15) is 17.7 Å². The Bertz CT molecular complexity index is 891. The van der Waals surface area contributed by atoms with Crippen LogP contribution in [0.2, 0.25) is 0 Å². The second kappa shape index (κ2) is 9.90. The minimum Gasteiger partial charge on any atom is -0.383 e. The predicted octanol–water partition coefficient (Wildman–Crippen LogP) is 2.41. The topological polar surface area (TPSA) is 73.6 Å². The molecule has 1 aromatic carbocycles. The van der Waals surface area contributed by atoms with E-state index >= 15 is 0 Å². The molecule has 4 rings (SSSR count). The number of anilines is 2. The number of hydrogen-bond acceptors (Lipinski definition) is 7. The standard InChI is InChI=1S/C23H29N5O2/c1-29-12-8-25-22-20(15-24)19-7-9-27(16-18-5-3-2-4-6-18)17-21(19)23(26-22)28-10-13-30-14-11-28/h2-6H,7-14,16-17H2,1H3,(H,25,26). The Hall–Kier alpha value is -2.66. The molecule has 1 aromatic heterocycles. The number of morpholine rings is 1. The van der Waals surface area contributed by atoms with E-state index in [9.17, 15) is 5.26 Å². The van der Waals surface area contributed by atoms with E-state index in [1.54, 1.807) is 7.11 Å². The number of pyridine rings is 1. The average molecular weight is 408 g/mol. The van der Waals surface area contributed by atoms with Crippen molar-refractivity contribution in [1.82, 2.24) is 9.88 Å². The van der Waals surface area contributed by atoms with Crippen LogP contribution in [0.3, 0.4) is 0 Å². The van der Waals surface area contributed by atoms with E-state index in [-0.39, 0.29) is 0 Å².